The Morgan fingerprint density at radius 3 is 2.50 bits per heavy atom. The Kier molecular flexibility index (Phi) is 6.38. The smallest absolute Gasteiger partial charge is 0.280 e. The summed E-state index contributed by atoms with van der Waals surface area (Å²) in [5, 5.41) is 4.52. The Morgan fingerprint density at radius 2 is 1.88 bits per heavy atom. The van der Waals surface area contributed by atoms with Crippen LogP contribution in [0.1, 0.15) is 37.8 Å². The molecule has 0 aromatic heterocycles. The second-order valence-electron chi connectivity index (χ2n) is 5.77. The Bertz CT molecular complexity index is 712. The average Bonchev–Trinajstić information content (AvgIpc) is 2.55. The zero-order valence-corrected chi connectivity index (χ0v) is 14.7. The maximum atomic E-state index is 12.0. The number of nitrogens with one attached hydrogen (secondary N) is 1. The van der Waals surface area contributed by atoms with Crippen molar-refractivity contribution < 1.29 is 9.53 Å². The lowest BCUT2D eigenvalue weighted by atomic mass is 10.0. The fourth-order valence-corrected chi connectivity index (χ4v) is 2.21. The second-order valence-corrected chi connectivity index (χ2v) is 6.21. The number of halogens is 1. The normalized spacial score (nSPS) is 12.4. The maximum Gasteiger partial charge on any atom is 0.280 e. The number of amides is 1. The van der Waals surface area contributed by atoms with E-state index in [1.165, 1.54) is 5.56 Å². The fraction of sp³-hybridized carbons (Fsp3) is 0.263. The van der Waals surface area contributed by atoms with Crippen LogP contribution in [-0.2, 0) is 4.79 Å². The minimum atomic E-state index is -0.677. The van der Waals surface area contributed by atoms with Gasteiger partial charge in [-0.2, -0.15) is 5.10 Å². The summed E-state index contributed by atoms with van der Waals surface area (Å²) >= 11 is 5.89. The molecular weight excluding hydrogens is 324 g/mol. The van der Waals surface area contributed by atoms with E-state index in [1.807, 2.05) is 12.1 Å². The van der Waals surface area contributed by atoms with Crippen LogP contribution in [0.4, 0.5) is 0 Å². The van der Waals surface area contributed by atoms with E-state index in [0.29, 0.717) is 16.7 Å². The highest BCUT2D eigenvalue weighted by Crippen LogP contribution is 2.18. The molecule has 24 heavy (non-hydrogen) atoms. The van der Waals surface area contributed by atoms with Gasteiger partial charge in [0.2, 0.25) is 0 Å². The van der Waals surface area contributed by atoms with Gasteiger partial charge in [0.15, 0.2) is 6.10 Å². The number of carbonyl (C=O) groups is 1. The van der Waals surface area contributed by atoms with Crippen molar-refractivity contribution in [3.8, 4) is 5.75 Å². The number of nitrogens with zero attached hydrogens (tertiary/aromatic N) is 1. The van der Waals surface area contributed by atoms with Crippen LogP contribution in [0.5, 0.6) is 5.75 Å². The molecule has 2 aromatic rings. The molecule has 0 radical (unpaired) electrons. The molecule has 0 saturated carbocycles. The van der Waals surface area contributed by atoms with Gasteiger partial charge in [-0.05, 0) is 42.2 Å². The summed E-state index contributed by atoms with van der Waals surface area (Å²) in [7, 11) is 0. The lowest BCUT2D eigenvalue weighted by Gasteiger charge is -2.12. The Hall–Kier alpha value is -2.33. The van der Waals surface area contributed by atoms with Gasteiger partial charge in [0.05, 0.1) is 6.21 Å². The van der Waals surface area contributed by atoms with Gasteiger partial charge in [0.1, 0.15) is 5.75 Å². The first kappa shape index (κ1) is 18.0. The molecule has 1 atom stereocenters. The molecular formula is C19H21ClN2O2. The molecule has 2 aromatic carbocycles. The minimum Gasteiger partial charge on any atom is -0.481 e. The molecule has 0 saturated heterocycles. The summed E-state index contributed by atoms with van der Waals surface area (Å²) in [6, 6.07) is 15.0. The van der Waals surface area contributed by atoms with Gasteiger partial charge in [0, 0.05) is 5.02 Å². The summed E-state index contributed by atoms with van der Waals surface area (Å²) < 4.78 is 5.53. The number of hydrogen-bond acceptors (Lipinski definition) is 3. The first-order chi connectivity index (χ1) is 11.5. The second kappa shape index (κ2) is 8.50. The predicted molar refractivity (Wildman–Crippen MR) is 97.8 cm³/mol. The third kappa shape index (κ3) is 5.39. The SMILES string of the molecule is CC(C)c1ccc(/C=N\NC(=O)[C@@H](C)Oc2cccc(Cl)c2)cc1. The van der Waals surface area contributed by atoms with Crippen molar-refractivity contribution in [2.75, 3.05) is 0 Å². The van der Waals surface area contributed by atoms with Crippen LogP contribution in [0.3, 0.4) is 0 Å². The van der Waals surface area contributed by atoms with Gasteiger partial charge in [-0.3, -0.25) is 4.79 Å². The summed E-state index contributed by atoms with van der Waals surface area (Å²) in [6.07, 6.45) is 0.928. The number of hydrogen-bond donors (Lipinski definition) is 1. The van der Waals surface area contributed by atoms with E-state index in [0.717, 1.165) is 5.56 Å². The highest BCUT2D eigenvalue weighted by Gasteiger charge is 2.13. The van der Waals surface area contributed by atoms with Crippen LogP contribution in [0.2, 0.25) is 5.02 Å². The first-order valence-corrected chi connectivity index (χ1v) is 8.18. The van der Waals surface area contributed by atoms with Gasteiger partial charge in [-0.15, -0.1) is 0 Å². The van der Waals surface area contributed by atoms with Crippen molar-refractivity contribution in [2.24, 2.45) is 5.10 Å². The number of rotatable bonds is 6. The monoisotopic (exact) mass is 344 g/mol. The number of hydrazone groups is 1. The predicted octanol–water partition coefficient (Wildman–Crippen LogP) is 4.38. The Balaban J connectivity index is 1.87. The number of ether oxygens (including phenoxy) is 1. The van der Waals surface area contributed by atoms with Gasteiger partial charge >= 0.3 is 0 Å². The third-order valence-electron chi connectivity index (χ3n) is 3.47. The van der Waals surface area contributed by atoms with Crippen LogP contribution in [0, 0.1) is 0 Å². The summed E-state index contributed by atoms with van der Waals surface area (Å²) in [5.74, 6) is 0.698. The Labute approximate surface area is 147 Å². The number of carbonyl (C=O) groups excluding carboxylic acids is 1. The summed E-state index contributed by atoms with van der Waals surface area (Å²) in [5.41, 5.74) is 4.66. The van der Waals surface area contributed by atoms with E-state index >= 15 is 0 Å². The van der Waals surface area contributed by atoms with Crippen LogP contribution in [-0.4, -0.2) is 18.2 Å². The van der Waals surface area contributed by atoms with Crippen molar-refractivity contribution in [1.29, 1.82) is 0 Å². The van der Waals surface area contributed by atoms with E-state index < -0.39 is 6.10 Å². The molecule has 126 valence electrons. The molecule has 2 rings (SSSR count). The summed E-state index contributed by atoms with van der Waals surface area (Å²) in [4.78, 5) is 12.0. The molecule has 0 aliphatic carbocycles. The topological polar surface area (TPSA) is 50.7 Å². The molecule has 0 aliphatic heterocycles. The van der Waals surface area contributed by atoms with Gasteiger partial charge < -0.3 is 4.74 Å². The number of benzene rings is 2. The van der Waals surface area contributed by atoms with Crippen LogP contribution >= 0.6 is 11.6 Å². The van der Waals surface area contributed by atoms with Gasteiger partial charge in [0.25, 0.3) is 5.91 Å². The minimum absolute atomic E-state index is 0.329. The molecule has 0 unspecified atom stereocenters. The van der Waals surface area contributed by atoms with E-state index in [9.17, 15) is 4.79 Å². The first-order valence-electron chi connectivity index (χ1n) is 7.81. The van der Waals surface area contributed by atoms with Crippen molar-refractivity contribution >= 4 is 23.7 Å². The lowest BCUT2D eigenvalue weighted by molar-refractivity contribution is -0.127. The largest absolute Gasteiger partial charge is 0.481 e. The van der Waals surface area contributed by atoms with Crippen molar-refractivity contribution in [2.45, 2.75) is 32.8 Å². The van der Waals surface area contributed by atoms with Gasteiger partial charge in [-0.25, -0.2) is 5.43 Å². The molecule has 0 spiro atoms. The third-order valence-corrected chi connectivity index (χ3v) is 3.70. The van der Waals surface area contributed by atoms with Crippen molar-refractivity contribution in [1.82, 2.24) is 5.43 Å². The molecule has 5 heteroatoms. The van der Waals surface area contributed by atoms with Crippen molar-refractivity contribution in [3.05, 3.63) is 64.7 Å². The highest BCUT2D eigenvalue weighted by atomic mass is 35.5. The van der Waals surface area contributed by atoms with E-state index in [4.69, 9.17) is 16.3 Å². The van der Waals surface area contributed by atoms with Crippen LogP contribution < -0.4 is 10.2 Å². The molecule has 0 bridgehead atoms. The van der Waals surface area contributed by atoms with E-state index in [2.05, 4.69) is 36.5 Å². The lowest BCUT2D eigenvalue weighted by Crippen LogP contribution is -2.33. The highest BCUT2D eigenvalue weighted by molar-refractivity contribution is 6.30. The molecule has 1 amide bonds. The van der Waals surface area contributed by atoms with Gasteiger partial charge in [-0.1, -0.05) is 55.8 Å². The van der Waals surface area contributed by atoms with Crippen LogP contribution in [0.25, 0.3) is 0 Å². The standard InChI is InChI=1S/C19H21ClN2O2/c1-13(2)16-9-7-15(8-10-16)12-21-22-19(23)14(3)24-18-6-4-5-17(20)11-18/h4-14H,1-3H3,(H,22,23)/b21-12-/t14-/m1/s1. The molecule has 0 fully saturated rings. The summed E-state index contributed by atoms with van der Waals surface area (Å²) in [6.45, 7) is 5.94. The molecule has 1 N–H and O–H groups in total. The van der Waals surface area contributed by atoms with Crippen LogP contribution in [0.15, 0.2) is 53.6 Å². The quantitative estimate of drug-likeness (QED) is 0.624. The van der Waals surface area contributed by atoms with E-state index in [-0.39, 0.29) is 5.91 Å². The Morgan fingerprint density at radius 1 is 1.17 bits per heavy atom. The van der Waals surface area contributed by atoms with Crippen molar-refractivity contribution in [3.63, 3.8) is 0 Å². The van der Waals surface area contributed by atoms with E-state index in [1.54, 1.807) is 37.4 Å². The average molecular weight is 345 g/mol. The molecule has 0 aliphatic rings. The fourth-order valence-electron chi connectivity index (χ4n) is 2.03. The molecule has 0 heterocycles. The zero-order chi connectivity index (χ0) is 17.5. The maximum absolute atomic E-state index is 12.0. The molecule has 4 nitrogen and oxygen atoms in total. The zero-order valence-electron chi connectivity index (χ0n) is 14.0.